The molecule has 2 rings (SSSR count). The van der Waals surface area contributed by atoms with E-state index in [1.165, 1.54) is 6.20 Å². The van der Waals surface area contributed by atoms with Gasteiger partial charge in [0.25, 0.3) is 5.91 Å². The number of halogens is 1. The van der Waals surface area contributed by atoms with Crippen LogP contribution in [0.2, 0.25) is 5.02 Å². The van der Waals surface area contributed by atoms with Crippen LogP contribution in [0.5, 0.6) is 0 Å². The first kappa shape index (κ1) is 15.1. The molecule has 20 heavy (non-hydrogen) atoms. The maximum atomic E-state index is 12.0. The van der Waals surface area contributed by atoms with E-state index >= 15 is 0 Å². The van der Waals surface area contributed by atoms with Gasteiger partial charge in [-0.2, -0.15) is 0 Å². The molecule has 1 aliphatic heterocycles. The summed E-state index contributed by atoms with van der Waals surface area (Å²) in [6, 6.07) is 1.63. The molecule has 0 aliphatic carbocycles. The van der Waals surface area contributed by atoms with Crippen LogP contribution in [-0.2, 0) is 4.74 Å². The maximum Gasteiger partial charge on any atom is 0.252 e. The smallest absolute Gasteiger partial charge is 0.252 e. The fourth-order valence-electron chi connectivity index (χ4n) is 2.18. The lowest BCUT2D eigenvalue weighted by Crippen LogP contribution is -2.27. The van der Waals surface area contributed by atoms with E-state index in [1.54, 1.807) is 6.07 Å². The minimum atomic E-state index is -0.152. The SMILES string of the molecule is CCNc1ncc(C(=O)NCCC2CCCO2)cc1Cl. The van der Waals surface area contributed by atoms with Crippen molar-refractivity contribution >= 4 is 23.3 Å². The van der Waals surface area contributed by atoms with Gasteiger partial charge in [-0.1, -0.05) is 11.6 Å². The van der Waals surface area contributed by atoms with E-state index < -0.39 is 0 Å². The standard InChI is InChI=1S/C14H20ClN3O2/c1-2-16-13-12(15)8-10(9-18-13)14(19)17-6-5-11-4-3-7-20-11/h8-9,11H,2-7H2,1H3,(H,16,18)(H,17,19). The number of nitrogens with zero attached hydrogens (tertiary/aromatic N) is 1. The Hall–Kier alpha value is -1.33. The normalized spacial score (nSPS) is 18.0. The van der Waals surface area contributed by atoms with E-state index in [0.717, 1.165) is 32.4 Å². The monoisotopic (exact) mass is 297 g/mol. The van der Waals surface area contributed by atoms with Gasteiger partial charge in [0.15, 0.2) is 0 Å². The van der Waals surface area contributed by atoms with Gasteiger partial charge in [-0.05, 0) is 32.3 Å². The largest absolute Gasteiger partial charge is 0.378 e. The highest BCUT2D eigenvalue weighted by Gasteiger charge is 2.15. The van der Waals surface area contributed by atoms with Crippen molar-refractivity contribution in [2.45, 2.75) is 32.3 Å². The molecule has 1 amide bonds. The molecule has 0 saturated carbocycles. The number of nitrogens with one attached hydrogen (secondary N) is 2. The van der Waals surface area contributed by atoms with Crippen molar-refractivity contribution in [1.29, 1.82) is 0 Å². The highest BCUT2D eigenvalue weighted by Crippen LogP contribution is 2.20. The highest BCUT2D eigenvalue weighted by atomic mass is 35.5. The first-order valence-corrected chi connectivity index (χ1v) is 7.37. The molecule has 1 aliphatic rings. The Morgan fingerprint density at radius 3 is 3.10 bits per heavy atom. The second kappa shape index (κ2) is 7.45. The molecule has 5 nitrogen and oxygen atoms in total. The fourth-order valence-corrected chi connectivity index (χ4v) is 2.41. The summed E-state index contributed by atoms with van der Waals surface area (Å²) in [6.07, 6.45) is 4.87. The predicted octanol–water partition coefficient (Wildman–Crippen LogP) is 2.47. The van der Waals surface area contributed by atoms with Gasteiger partial charge < -0.3 is 15.4 Å². The molecular weight excluding hydrogens is 278 g/mol. The number of carbonyl (C=O) groups is 1. The van der Waals surface area contributed by atoms with Crippen molar-refractivity contribution in [1.82, 2.24) is 10.3 Å². The summed E-state index contributed by atoms with van der Waals surface area (Å²) < 4.78 is 5.51. The average molecular weight is 298 g/mol. The van der Waals surface area contributed by atoms with E-state index in [4.69, 9.17) is 16.3 Å². The van der Waals surface area contributed by atoms with Crippen LogP contribution in [0.1, 0.15) is 36.5 Å². The number of amides is 1. The van der Waals surface area contributed by atoms with Crippen LogP contribution < -0.4 is 10.6 Å². The van der Waals surface area contributed by atoms with Crippen LogP contribution in [-0.4, -0.2) is 36.7 Å². The number of hydrogen-bond acceptors (Lipinski definition) is 4. The quantitative estimate of drug-likeness (QED) is 0.847. The Morgan fingerprint density at radius 2 is 2.45 bits per heavy atom. The Morgan fingerprint density at radius 1 is 1.60 bits per heavy atom. The molecule has 2 N–H and O–H groups in total. The van der Waals surface area contributed by atoms with Crippen LogP contribution in [0.25, 0.3) is 0 Å². The summed E-state index contributed by atoms with van der Waals surface area (Å²) >= 11 is 6.06. The van der Waals surface area contributed by atoms with E-state index in [1.807, 2.05) is 6.92 Å². The number of rotatable bonds is 6. The Balaban J connectivity index is 1.83. The van der Waals surface area contributed by atoms with Gasteiger partial charge in [-0.3, -0.25) is 4.79 Å². The molecule has 1 unspecified atom stereocenters. The summed E-state index contributed by atoms with van der Waals surface area (Å²) in [5.74, 6) is 0.450. The third kappa shape index (κ3) is 4.08. The zero-order valence-corrected chi connectivity index (χ0v) is 12.4. The van der Waals surface area contributed by atoms with Crippen LogP contribution in [0, 0.1) is 0 Å². The van der Waals surface area contributed by atoms with Crippen LogP contribution in [0.3, 0.4) is 0 Å². The number of anilines is 1. The average Bonchev–Trinajstić information content (AvgIpc) is 2.94. The molecule has 0 spiro atoms. The molecule has 0 bridgehead atoms. The summed E-state index contributed by atoms with van der Waals surface area (Å²) in [7, 11) is 0. The predicted molar refractivity (Wildman–Crippen MR) is 79.3 cm³/mol. The van der Waals surface area contributed by atoms with Crippen molar-refractivity contribution in [3.63, 3.8) is 0 Å². The minimum Gasteiger partial charge on any atom is -0.378 e. The Bertz CT molecular complexity index is 462. The van der Waals surface area contributed by atoms with Gasteiger partial charge in [0.1, 0.15) is 5.82 Å². The van der Waals surface area contributed by atoms with E-state index in [2.05, 4.69) is 15.6 Å². The van der Waals surface area contributed by atoms with Gasteiger partial charge in [-0.15, -0.1) is 0 Å². The molecule has 1 aromatic heterocycles. The van der Waals surface area contributed by atoms with E-state index in [-0.39, 0.29) is 12.0 Å². The van der Waals surface area contributed by atoms with Crippen molar-refractivity contribution in [3.8, 4) is 0 Å². The molecule has 2 heterocycles. The fraction of sp³-hybridized carbons (Fsp3) is 0.571. The number of pyridine rings is 1. The number of hydrogen-bond donors (Lipinski definition) is 2. The maximum absolute atomic E-state index is 12.0. The van der Waals surface area contributed by atoms with Gasteiger partial charge in [0, 0.05) is 25.9 Å². The Kier molecular flexibility index (Phi) is 5.61. The van der Waals surface area contributed by atoms with Gasteiger partial charge in [0.05, 0.1) is 16.7 Å². The van der Waals surface area contributed by atoms with Crippen molar-refractivity contribution in [2.24, 2.45) is 0 Å². The van der Waals surface area contributed by atoms with Crippen LogP contribution in [0.4, 0.5) is 5.82 Å². The van der Waals surface area contributed by atoms with E-state index in [0.29, 0.717) is 22.9 Å². The zero-order valence-electron chi connectivity index (χ0n) is 11.6. The topological polar surface area (TPSA) is 63.2 Å². The lowest BCUT2D eigenvalue weighted by molar-refractivity contribution is 0.0907. The summed E-state index contributed by atoms with van der Waals surface area (Å²) in [6.45, 7) is 4.14. The van der Waals surface area contributed by atoms with Gasteiger partial charge in [0.2, 0.25) is 0 Å². The van der Waals surface area contributed by atoms with Crippen molar-refractivity contribution in [2.75, 3.05) is 25.0 Å². The molecule has 1 fully saturated rings. The van der Waals surface area contributed by atoms with Crippen LogP contribution in [0.15, 0.2) is 12.3 Å². The van der Waals surface area contributed by atoms with Gasteiger partial charge in [-0.25, -0.2) is 4.98 Å². The summed E-state index contributed by atoms with van der Waals surface area (Å²) in [5.41, 5.74) is 0.476. The third-order valence-electron chi connectivity index (χ3n) is 3.22. The highest BCUT2D eigenvalue weighted by molar-refractivity contribution is 6.33. The second-order valence-electron chi connectivity index (χ2n) is 4.76. The molecular formula is C14H20ClN3O2. The first-order valence-electron chi connectivity index (χ1n) is 7.00. The molecule has 1 aromatic rings. The molecule has 6 heteroatoms. The van der Waals surface area contributed by atoms with Crippen molar-refractivity contribution < 1.29 is 9.53 Å². The summed E-state index contributed by atoms with van der Waals surface area (Å²) in [5, 5.41) is 6.35. The molecule has 110 valence electrons. The van der Waals surface area contributed by atoms with E-state index in [9.17, 15) is 4.79 Å². The van der Waals surface area contributed by atoms with Crippen LogP contribution >= 0.6 is 11.6 Å². The number of ether oxygens (including phenoxy) is 1. The van der Waals surface area contributed by atoms with Gasteiger partial charge >= 0.3 is 0 Å². The lowest BCUT2D eigenvalue weighted by atomic mass is 10.2. The number of carbonyl (C=O) groups excluding carboxylic acids is 1. The van der Waals surface area contributed by atoms with Crippen molar-refractivity contribution in [3.05, 3.63) is 22.8 Å². The second-order valence-corrected chi connectivity index (χ2v) is 5.17. The Labute approximate surface area is 124 Å². The summed E-state index contributed by atoms with van der Waals surface area (Å²) in [4.78, 5) is 16.1. The first-order chi connectivity index (χ1) is 9.70. The third-order valence-corrected chi connectivity index (χ3v) is 3.51. The number of aromatic nitrogens is 1. The molecule has 1 atom stereocenters. The minimum absolute atomic E-state index is 0.152. The lowest BCUT2D eigenvalue weighted by Gasteiger charge is -2.11. The molecule has 1 saturated heterocycles. The molecule has 0 radical (unpaired) electrons. The molecule has 0 aromatic carbocycles. The zero-order chi connectivity index (χ0) is 14.4.